The van der Waals surface area contributed by atoms with Crippen molar-refractivity contribution in [3.8, 4) is 0 Å². The zero-order valence-electron chi connectivity index (χ0n) is 26.4. The molecular formula is C32H49N5O5S. The van der Waals surface area contributed by atoms with E-state index < -0.39 is 18.1 Å². The van der Waals surface area contributed by atoms with E-state index in [1.807, 2.05) is 47.5 Å². The van der Waals surface area contributed by atoms with E-state index in [2.05, 4.69) is 24.1 Å². The first-order chi connectivity index (χ1) is 20.7. The van der Waals surface area contributed by atoms with Gasteiger partial charge in [-0.25, -0.2) is 4.98 Å². The van der Waals surface area contributed by atoms with Crippen LogP contribution in [0.2, 0.25) is 0 Å². The van der Waals surface area contributed by atoms with Gasteiger partial charge in [0, 0.05) is 39.4 Å². The van der Waals surface area contributed by atoms with Gasteiger partial charge in [-0.3, -0.25) is 14.4 Å². The summed E-state index contributed by atoms with van der Waals surface area (Å²) < 4.78 is 11.8. The van der Waals surface area contributed by atoms with Crippen molar-refractivity contribution in [2.24, 2.45) is 17.6 Å². The van der Waals surface area contributed by atoms with Crippen LogP contribution >= 0.6 is 11.3 Å². The normalized spacial score (nSPS) is 19.2. The monoisotopic (exact) mass is 615 g/mol. The number of thiazole rings is 1. The summed E-state index contributed by atoms with van der Waals surface area (Å²) in [7, 11) is 4.90. The van der Waals surface area contributed by atoms with E-state index in [0.29, 0.717) is 13.0 Å². The summed E-state index contributed by atoms with van der Waals surface area (Å²) in [4.78, 5) is 47.9. The summed E-state index contributed by atoms with van der Waals surface area (Å²) in [5.74, 6) is -0.821. The van der Waals surface area contributed by atoms with Crippen molar-refractivity contribution in [2.75, 3.05) is 34.4 Å². The van der Waals surface area contributed by atoms with Crippen LogP contribution in [0.25, 0.3) is 0 Å². The molecule has 1 aromatic carbocycles. The Hall–Kier alpha value is -2.86. The largest absolute Gasteiger partial charge is 0.379 e. The first-order valence-corrected chi connectivity index (χ1v) is 16.1. The minimum atomic E-state index is -0.513. The molecule has 2 aromatic rings. The number of likely N-dealkylation sites (tertiary alicyclic amines) is 1. The standard InChI is InChI=1S/C32H49N5O5S/c1-7-21(2)29(36(4)28(39)20-33)26(41-5)19-27(38)37-16-11-14-25(37)30(42-6)22(3)31(40)35-24(32-34-15-17-43-32)18-23-12-9-8-10-13-23/h8-10,12-13,15,17,21-22,24-26,29-30H,7,11,14,16,18-20,33H2,1-6H3,(H,35,40). The van der Waals surface area contributed by atoms with Crippen LogP contribution in [0.15, 0.2) is 41.9 Å². The Labute approximate surface area is 260 Å². The van der Waals surface area contributed by atoms with Gasteiger partial charge >= 0.3 is 0 Å². The Kier molecular flexibility index (Phi) is 13.6. The van der Waals surface area contributed by atoms with Gasteiger partial charge in [-0.05, 0) is 30.7 Å². The lowest BCUT2D eigenvalue weighted by Crippen LogP contribution is -2.54. The van der Waals surface area contributed by atoms with Crippen LogP contribution in [0.3, 0.4) is 0 Å². The second-order valence-corrected chi connectivity index (χ2v) is 12.4. The van der Waals surface area contributed by atoms with Crippen molar-refractivity contribution in [2.45, 2.75) is 83.2 Å². The predicted molar refractivity (Wildman–Crippen MR) is 168 cm³/mol. The zero-order chi connectivity index (χ0) is 31.5. The van der Waals surface area contributed by atoms with E-state index in [4.69, 9.17) is 15.2 Å². The average Bonchev–Trinajstić information content (AvgIpc) is 3.74. The molecule has 1 aliphatic rings. The quantitative estimate of drug-likeness (QED) is 0.296. The van der Waals surface area contributed by atoms with Crippen LogP contribution in [-0.2, 0) is 30.3 Å². The molecule has 2 heterocycles. The maximum Gasteiger partial charge on any atom is 0.236 e. The van der Waals surface area contributed by atoms with Crippen LogP contribution in [0.4, 0.5) is 0 Å². The molecule has 238 valence electrons. The summed E-state index contributed by atoms with van der Waals surface area (Å²) in [5.41, 5.74) is 6.76. The SMILES string of the molecule is CCC(C)C(C(CC(=O)N1CCCC1C(OC)C(C)C(=O)NC(Cc1ccccc1)c1nccs1)OC)N(C)C(=O)CN. The van der Waals surface area contributed by atoms with Gasteiger partial charge in [0.1, 0.15) is 5.01 Å². The summed E-state index contributed by atoms with van der Waals surface area (Å²) in [6.45, 7) is 6.44. The molecule has 7 unspecified atom stereocenters. The Morgan fingerprint density at radius 3 is 2.49 bits per heavy atom. The van der Waals surface area contributed by atoms with E-state index in [1.165, 1.54) is 11.3 Å². The number of ether oxygens (including phenoxy) is 2. The fourth-order valence-corrected chi connectivity index (χ4v) is 6.92. The summed E-state index contributed by atoms with van der Waals surface area (Å²) in [6, 6.07) is 9.19. The molecule has 1 aromatic heterocycles. The fraction of sp³-hybridized carbons (Fsp3) is 0.625. The number of benzene rings is 1. The highest BCUT2D eigenvalue weighted by atomic mass is 32.1. The molecule has 0 saturated carbocycles. The number of carbonyl (C=O) groups excluding carboxylic acids is 3. The van der Waals surface area contributed by atoms with Gasteiger partial charge in [0.05, 0.1) is 49.2 Å². The number of nitrogens with one attached hydrogen (secondary N) is 1. The number of amides is 3. The van der Waals surface area contributed by atoms with E-state index in [-0.39, 0.29) is 54.7 Å². The van der Waals surface area contributed by atoms with E-state index in [0.717, 1.165) is 29.8 Å². The highest BCUT2D eigenvalue weighted by Gasteiger charge is 2.42. The van der Waals surface area contributed by atoms with Crippen LogP contribution in [-0.4, -0.2) is 91.2 Å². The van der Waals surface area contributed by atoms with Crippen molar-refractivity contribution in [1.29, 1.82) is 0 Å². The molecule has 7 atom stereocenters. The van der Waals surface area contributed by atoms with Gasteiger partial charge in [-0.1, -0.05) is 57.5 Å². The first-order valence-electron chi connectivity index (χ1n) is 15.2. The number of rotatable bonds is 16. The third-order valence-electron chi connectivity index (χ3n) is 8.83. The second kappa shape index (κ2) is 16.8. The van der Waals surface area contributed by atoms with Crippen LogP contribution in [0.5, 0.6) is 0 Å². The number of aromatic nitrogens is 1. The molecule has 3 rings (SSSR count). The average molecular weight is 616 g/mol. The number of methoxy groups -OCH3 is 2. The zero-order valence-corrected chi connectivity index (χ0v) is 27.2. The molecule has 11 heteroatoms. The number of hydrogen-bond donors (Lipinski definition) is 2. The molecule has 1 fully saturated rings. The topological polar surface area (TPSA) is 127 Å². The molecule has 3 N–H and O–H groups in total. The molecule has 1 saturated heterocycles. The van der Waals surface area contributed by atoms with Gasteiger partial charge in [0.2, 0.25) is 17.7 Å². The second-order valence-electron chi connectivity index (χ2n) is 11.5. The molecule has 0 aliphatic carbocycles. The van der Waals surface area contributed by atoms with Crippen molar-refractivity contribution in [3.63, 3.8) is 0 Å². The highest BCUT2D eigenvalue weighted by molar-refractivity contribution is 7.09. The number of likely N-dealkylation sites (N-methyl/N-ethyl adjacent to an activating group) is 1. The Morgan fingerprint density at radius 2 is 1.91 bits per heavy atom. The molecule has 0 bridgehead atoms. The van der Waals surface area contributed by atoms with Gasteiger partial charge in [0.15, 0.2) is 0 Å². The summed E-state index contributed by atoms with van der Waals surface area (Å²) in [5, 5.41) is 5.96. The predicted octanol–water partition coefficient (Wildman–Crippen LogP) is 3.42. The Morgan fingerprint density at radius 1 is 1.19 bits per heavy atom. The molecule has 3 amide bonds. The first kappa shape index (κ1) is 34.6. The van der Waals surface area contributed by atoms with Crippen molar-refractivity contribution in [3.05, 3.63) is 52.5 Å². The highest BCUT2D eigenvalue weighted by Crippen LogP contribution is 2.30. The van der Waals surface area contributed by atoms with Crippen molar-refractivity contribution in [1.82, 2.24) is 20.1 Å². The van der Waals surface area contributed by atoms with Gasteiger partial charge < -0.3 is 30.3 Å². The molecular weight excluding hydrogens is 566 g/mol. The lowest BCUT2D eigenvalue weighted by Gasteiger charge is -2.39. The van der Waals surface area contributed by atoms with Gasteiger partial charge in [0.25, 0.3) is 0 Å². The van der Waals surface area contributed by atoms with Crippen molar-refractivity contribution < 1.29 is 23.9 Å². The van der Waals surface area contributed by atoms with Gasteiger partial charge in [-0.2, -0.15) is 0 Å². The summed E-state index contributed by atoms with van der Waals surface area (Å²) in [6.07, 6.45) is 3.86. The van der Waals surface area contributed by atoms with Crippen LogP contribution in [0, 0.1) is 11.8 Å². The molecule has 43 heavy (non-hydrogen) atoms. The minimum absolute atomic E-state index is 0.0735. The minimum Gasteiger partial charge on any atom is -0.379 e. The summed E-state index contributed by atoms with van der Waals surface area (Å²) >= 11 is 1.51. The number of nitrogens with zero attached hydrogens (tertiary/aromatic N) is 3. The lowest BCUT2D eigenvalue weighted by atomic mass is 9.90. The van der Waals surface area contributed by atoms with Crippen LogP contribution < -0.4 is 11.1 Å². The third kappa shape index (κ3) is 8.84. The Balaban J connectivity index is 1.74. The van der Waals surface area contributed by atoms with E-state index in [9.17, 15) is 14.4 Å². The van der Waals surface area contributed by atoms with E-state index >= 15 is 0 Å². The van der Waals surface area contributed by atoms with Gasteiger partial charge in [-0.15, -0.1) is 11.3 Å². The molecule has 1 aliphatic heterocycles. The number of carbonyl (C=O) groups is 3. The Bertz CT molecular complexity index is 1150. The lowest BCUT2D eigenvalue weighted by molar-refractivity contribution is -0.145. The number of nitrogens with two attached hydrogens (primary N) is 1. The smallest absolute Gasteiger partial charge is 0.236 e. The number of hydrogen-bond acceptors (Lipinski definition) is 8. The van der Waals surface area contributed by atoms with Crippen LogP contribution in [0.1, 0.15) is 63.1 Å². The molecule has 0 spiro atoms. The fourth-order valence-electron chi connectivity index (χ4n) is 6.23. The molecule has 0 radical (unpaired) electrons. The van der Waals surface area contributed by atoms with E-state index in [1.54, 1.807) is 32.4 Å². The maximum atomic E-state index is 13.8. The molecule has 10 nitrogen and oxygen atoms in total. The van der Waals surface area contributed by atoms with Crippen molar-refractivity contribution >= 4 is 29.1 Å². The maximum absolute atomic E-state index is 13.8. The third-order valence-corrected chi connectivity index (χ3v) is 9.72.